The summed E-state index contributed by atoms with van der Waals surface area (Å²) in [6, 6.07) is 68.8. The maximum Gasteiger partial charge on any atom is 0.0776 e. The lowest BCUT2D eigenvalue weighted by molar-refractivity contribution is 1.24. The van der Waals surface area contributed by atoms with Gasteiger partial charge in [0.05, 0.1) is 27.5 Å². The standard InChI is InChI=1S/C62H60N2Si2/c1-41-21-23-49(45-17-13-11-14-18-45)39-59(41)63(55-35-29-51(37-43(55)3)65(5,6)7)57-33-27-47-26-32-54-58(34-28-48-25-31-53(57)61(47)62(48)54)64(56-36-30-52(38-44(56)4)66(8,9)10)60-40-50(24-22-42(60)2)46-19-15-12-16-20-46/h11-40H,1-10H3. The Morgan fingerprint density at radius 2 is 0.652 bits per heavy atom. The molecule has 0 aliphatic carbocycles. The van der Waals surface area contributed by atoms with Crippen LogP contribution >= 0.6 is 0 Å². The van der Waals surface area contributed by atoms with Gasteiger partial charge in [0.15, 0.2) is 0 Å². The summed E-state index contributed by atoms with van der Waals surface area (Å²) < 4.78 is 0. The number of benzene rings is 10. The van der Waals surface area contributed by atoms with Crippen molar-refractivity contribution in [2.24, 2.45) is 0 Å². The van der Waals surface area contributed by atoms with Crippen LogP contribution in [0.2, 0.25) is 39.3 Å². The van der Waals surface area contributed by atoms with Crippen LogP contribution in [-0.4, -0.2) is 16.1 Å². The molecule has 0 unspecified atom stereocenters. The van der Waals surface area contributed by atoms with Crippen molar-refractivity contribution in [1.29, 1.82) is 0 Å². The molecule has 0 N–H and O–H groups in total. The predicted octanol–water partition coefficient (Wildman–Crippen LogP) is 17.2. The maximum atomic E-state index is 2.55. The molecule has 0 aromatic heterocycles. The fourth-order valence-electron chi connectivity index (χ4n) is 10.0. The number of aryl methyl sites for hydroxylation is 4. The van der Waals surface area contributed by atoms with Crippen LogP contribution in [0, 0.1) is 27.7 Å². The van der Waals surface area contributed by atoms with Crippen molar-refractivity contribution < 1.29 is 0 Å². The first kappa shape index (κ1) is 43.2. The minimum atomic E-state index is -1.56. The molecule has 326 valence electrons. The summed E-state index contributed by atoms with van der Waals surface area (Å²) in [5.74, 6) is 0. The van der Waals surface area contributed by atoms with Gasteiger partial charge in [-0.25, -0.2) is 0 Å². The smallest absolute Gasteiger partial charge is 0.0776 e. The Kier molecular flexibility index (Phi) is 10.9. The Morgan fingerprint density at radius 3 is 1.02 bits per heavy atom. The van der Waals surface area contributed by atoms with E-state index in [2.05, 4.69) is 259 Å². The lowest BCUT2D eigenvalue weighted by Crippen LogP contribution is -2.37. The molecule has 4 heteroatoms. The van der Waals surface area contributed by atoms with Crippen molar-refractivity contribution in [2.45, 2.75) is 67.0 Å². The van der Waals surface area contributed by atoms with E-state index in [1.54, 1.807) is 0 Å². The van der Waals surface area contributed by atoms with Crippen LogP contribution in [0.15, 0.2) is 182 Å². The number of hydrogen-bond donors (Lipinski definition) is 0. The quantitative estimate of drug-likeness (QED) is 0.0997. The van der Waals surface area contributed by atoms with Gasteiger partial charge < -0.3 is 9.80 Å². The van der Waals surface area contributed by atoms with Gasteiger partial charge in [-0.3, -0.25) is 0 Å². The van der Waals surface area contributed by atoms with E-state index >= 15 is 0 Å². The first-order valence-electron chi connectivity index (χ1n) is 23.5. The zero-order chi connectivity index (χ0) is 46.1. The molecular formula is C62H60N2Si2. The largest absolute Gasteiger partial charge is 0.309 e. The molecule has 0 aliphatic heterocycles. The summed E-state index contributed by atoms with van der Waals surface area (Å²) in [6.07, 6.45) is 0. The number of hydrogen-bond acceptors (Lipinski definition) is 2. The van der Waals surface area contributed by atoms with Crippen LogP contribution in [0.3, 0.4) is 0 Å². The average molecular weight is 889 g/mol. The zero-order valence-electron chi connectivity index (χ0n) is 40.2. The molecule has 0 saturated heterocycles. The van der Waals surface area contributed by atoms with Gasteiger partial charge in [0, 0.05) is 33.5 Å². The second-order valence-electron chi connectivity index (χ2n) is 20.5. The van der Waals surface area contributed by atoms with E-state index in [-0.39, 0.29) is 0 Å². The highest BCUT2D eigenvalue weighted by Crippen LogP contribution is 2.49. The van der Waals surface area contributed by atoms with E-state index < -0.39 is 16.1 Å². The van der Waals surface area contributed by atoms with E-state index in [0.717, 1.165) is 0 Å². The number of anilines is 6. The molecule has 0 spiro atoms. The Balaban J connectivity index is 1.24. The zero-order valence-corrected chi connectivity index (χ0v) is 42.2. The minimum Gasteiger partial charge on any atom is -0.309 e. The first-order valence-corrected chi connectivity index (χ1v) is 30.5. The molecule has 10 aromatic carbocycles. The topological polar surface area (TPSA) is 6.48 Å². The molecule has 0 bridgehead atoms. The molecule has 0 radical (unpaired) electrons. The highest BCUT2D eigenvalue weighted by Gasteiger charge is 2.27. The molecule has 0 saturated carbocycles. The third-order valence-electron chi connectivity index (χ3n) is 13.8. The molecule has 0 fully saturated rings. The Labute approximate surface area is 394 Å². The summed E-state index contributed by atoms with van der Waals surface area (Å²) in [5.41, 5.74) is 17.0. The summed E-state index contributed by atoms with van der Waals surface area (Å²) in [5, 5.41) is 10.5. The average Bonchev–Trinajstić information content (AvgIpc) is 3.31. The van der Waals surface area contributed by atoms with Gasteiger partial charge in [-0.1, -0.05) is 195 Å². The van der Waals surface area contributed by atoms with Crippen molar-refractivity contribution >= 4 is 93.0 Å². The highest BCUT2D eigenvalue weighted by molar-refractivity contribution is 6.89. The predicted molar refractivity (Wildman–Crippen MR) is 295 cm³/mol. The lowest BCUT2D eigenvalue weighted by atomic mass is 9.91. The van der Waals surface area contributed by atoms with E-state index in [9.17, 15) is 0 Å². The summed E-state index contributed by atoms with van der Waals surface area (Å²) in [7, 11) is -3.11. The Hall–Kier alpha value is -6.73. The lowest BCUT2D eigenvalue weighted by Gasteiger charge is -2.32. The molecule has 2 nitrogen and oxygen atoms in total. The second-order valence-corrected chi connectivity index (χ2v) is 30.7. The fraction of sp³-hybridized carbons (Fsp3) is 0.161. The first-order chi connectivity index (χ1) is 31.7. The fourth-order valence-corrected chi connectivity index (χ4v) is 12.5. The van der Waals surface area contributed by atoms with Gasteiger partial charge in [0.1, 0.15) is 0 Å². The maximum absolute atomic E-state index is 2.55. The summed E-state index contributed by atoms with van der Waals surface area (Å²) in [4.78, 5) is 5.10. The Bertz CT molecular complexity index is 3200. The normalized spacial score (nSPS) is 12.1. The monoisotopic (exact) mass is 888 g/mol. The van der Waals surface area contributed by atoms with Crippen molar-refractivity contribution in [1.82, 2.24) is 0 Å². The van der Waals surface area contributed by atoms with Crippen LogP contribution in [0.5, 0.6) is 0 Å². The van der Waals surface area contributed by atoms with E-state index in [4.69, 9.17) is 0 Å². The van der Waals surface area contributed by atoms with Crippen LogP contribution in [-0.2, 0) is 0 Å². The third kappa shape index (κ3) is 7.72. The third-order valence-corrected chi connectivity index (χ3v) is 17.9. The minimum absolute atomic E-state index is 1.18. The SMILES string of the molecule is Cc1cc([Si](C)(C)C)ccc1N(c1cc(-c2ccccc2)ccc1C)c1ccc2ccc3c(N(c4ccc([Si](C)(C)C)cc4C)c4cc(-c5ccccc5)ccc4C)ccc4ccc1c2c43. The molecule has 0 amide bonds. The van der Waals surface area contributed by atoms with Gasteiger partial charge >= 0.3 is 0 Å². The van der Waals surface area contributed by atoms with E-state index in [1.165, 1.54) is 121 Å². The summed E-state index contributed by atoms with van der Waals surface area (Å²) >= 11 is 0. The van der Waals surface area contributed by atoms with E-state index in [1.807, 2.05) is 0 Å². The van der Waals surface area contributed by atoms with E-state index in [0.29, 0.717) is 0 Å². The molecule has 10 aromatic rings. The van der Waals surface area contributed by atoms with Crippen molar-refractivity contribution in [3.05, 3.63) is 204 Å². The van der Waals surface area contributed by atoms with Crippen molar-refractivity contribution in [3.63, 3.8) is 0 Å². The van der Waals surface area contributed by atoms with Crippen LogP contribution in [0.4, 0.5) is 34.1 Å². The van der Waals surface area contributed by atoms with Crippen molar-refractivity contribution in [2.75, 3.05) is 9.80 Å². The van der Waals surface area contributed by atoms with Crippen molar-refractivity contribution in [3.8, 4) is 22.3 Å². The molecule has 0 atom stereocenters. The highest BCUT2D eigenvalue weighted by atomic mass is 28.3. The van der Waals surface area contributed by atoms with Gasteiger partial charge in [-0.05, 0) is 130 Å². The van der Waals surface area contributed by atoms with Crippen LogP contribution in [0.25, 0.3) is 54.6 Å². The van der Waals surface area contributed by atoms with Crippen LogP contribution in [0.1, 0.15) is 22.3 Å². The molecule has 0 heterocycles. The second kappa shape index (κ2) is 16.6. The van der Waals surface area contributed by atoms with Gasteiger partial charge in [-0.15, -0.1) is 0 Å². The van der Waals surface area contributed by atoms with Crippen LogP contribution < -0.4 is 20.2 Å². The Morgan fingerprint density at radius 1 is 0.288 bits per heavy atom. The van der Waals surface area contributed by atoms with Gasteiger partial charge in [-0.2, -0.15) is 0 Å². The molecule has 10 rings (SSSR count). The summed E-state index contributed by atoms with van der Waals surface area (Å²) in [6.45, 7) is 23.7. The number of nitrogens with zero attached hydrogens (tertiary/aromatic N) is 2. The van der Waals surface area contributed by atoms with Gasteiger partial charge in [0.25, 0.3) is 0 Å². The molecular weight excluding hydrogens is 829 g/mol. The number of rotatable bonds is 10. The molecule has 0 aliphatic rings. The molecule has 66 heavy (non-hydrogen) atoms. The van der Waals surface area contributed by atoms with Gasteiger partial charge in [0.2, 0.25) is 0 Å².